The Hall–Kier alpha value is -1.63. The number of benzene rings is 1. The number of rotatable bonds is 4. The average molecular weight is 293 g/mol. The fraction of sp³-hybridized carbons (Fsp3) is 0.462. The molecule has 0 amide bonds. The molecule has 0 unspecified atom stereocenters. The molecule has 0 spiro atoms. The largest absolute Gasteiger partial charge is 0.398 e. The van der Waals surface area contributed by atoms with Crippen molar-refractivity contribution in [3.63, 3.8) is 0 Å². The van der Waals surface area contributed by atoms with Crippen LogP contribution in [0.25, 0.3) is 0 Å². The molecule has 0 aliphatic heterocycles. The zero-order valence-corrected chi connectivity index (χ0v) is 11.8. The molecule has 0 radical (unpaired) electrons. The maximum Gasteiger partial charge on any atom is 0.209 e. The van der Waals surface area contributed by atoms with E-state index in [2.05, 4.69) is 15.5 Å². The van der Waals surface area contributed by atoms with Crippen LogP contribution in [0.3, 0.4) is 0 Å². The van der Waals surface area contributed by atoms with E-state index in [-0.39, 0.29) is 5.82 Å². The number of halogens is 1. The van der Waals surface area contributed by atoms with Crippen molar-refractivity contribution >= 4 is 17.4 Å². The summed E-state index contributed by atoms with van der Waals surface area (Å²) in [5, 5.41) is 12.6. The standard InChI is InChI=1S/C13H16FN5S/c14-11-6-3-7-12(15)10(11)8-20-13-16-17-18-19(13)9-4-1-2-5-9/h3,6-7,9H,1-2,4-5,8,15H2. The Bertz CT molecular complexity index is 574. The van der Waals surface area contributed by atoms with Crippen molar-refractivity contribution in [2.75, 3.05) is 5.73 Å². The van der Waals surface area contributed by atoms with Crippen LogP contribution < -0.4 is 5.73 Å². The van der Waals surface area contributed by atoms with E-state index in [9.17, 15) is 4.39 Å². The number of aromatic nitrogens is 4. The molecule has 20 heavy (non-hydrogen) atoms. The lowest BCUT2D eigenvalue weighted by Crippen LogP contribution is -2.08. The molecule has 2 N–H and O–H groups in total. The summed E-state index contributed by atoms with van der Waals surface area (Å²) >= 11 is 1.43. The molecular formula is C13H16FN5S. The lowest BCUT2D eigenvalue weighted by Gasteiger charge is -2.11. The van der Waals surface area contributed by atoms with Crippen molar-refractivity contribution in [1.29, 1.82) is 0 Å². The summed E-state index contributed by atoms with van der Waals surface area (Å²) in [5.74, 6) is 0.156. The van der Waals surface area contributed by atoms with Gasteiger partial charge in [0.2, 0.25) is 5.16 Å². The summed E-state index contributed by atoms with van der Waals surface area (Å²) in [6.45, 7) is 0. The van der Waals surface area contributed by atoms with Crippen LogP contribution in [0.5, 0.6) is 0 Å². The van der Waals surface area contributed by atoms with Crippen LogP contribution in [0.1, 0.15) is 37.3 Å². The third-order valence-electron chi connectivity index (χ3n) is 3.63. The average Bonchev–Trinajstić information content (AvgIpc) is 3.08. The van der Waals surface area contributed by atoms with Crippen molar-refractivity contribution in [3.8, 4) is 0 Å². The SMILES string of the molecule is Nc1cccc(F)c1CSc1nnnn1C1CCCC1. The number of nitrogens with zero attached hydrogens (tertiary/aromatic N) is 4. The maximum atomic E-state index is 13.7. The van der Waals surface area contributed by atoms with Crippen LogP contribution in [-0.2, 0) is 5.75 Å². The normalized spacial score (nSPS) is 15.8. The number of tetrazole rings is 1. The Morgan fingerprint density at radius 2 is 2.15 bits per heavy atom. The summed E-state index contributed by atoms with van der Waals surface area (Å²) in [4.78, 5) is 0. The molecule has 0 atom stereocenters. The second kappa shape index (κ2) is 5.78. The summed E-state index contributed by atoms with van der Waals surface area (Å²) in [6, 6.07) is 5.12. The highest BCUT2D eigenvalue weighted by Gasteiger charge is 2.22. The first-order chi connectivity index (χ1) is 9.75. The molecule has 1 aliphatic carbocycles. The lowest BCUT2D eigenvalue weighted by molar-refractivity contribution is 0.423. The van der Waals surface area contributed by atoms with Gasteiger partial charge in [-0.15, -0.1) is 5.10 Å². The van der Waals surface area contributed by atoms with Gasteiger partial charge < -0.3 is 5.73 Å². The number of hydrogen-bond acceptors (Lipinski definition) is 5. The monoisotopic (exact) mass is 293 g/mol. The fourth-order valence-electron chi connectivity index (χ4n) is 2.52. The number of anilines is 1. The van der Waals surface area contributed by atoms with E-state index in [0.29, 0.717) is 23.0 Å². The maximum absolute atomic E-state index is 13.7. The lowest BCUT2D eigenvalue weighted by atomic mass is 10.2. The van der Waals surface area contributed by atoms with Gasteiger partial charge in [0.25, 0.3) is 0 Å². The van der Waals surface area contributed by atoms with E-state index in [4.69, 9.17) is 5.73 Å². The van der Waals surface area contributed by atoms with Crippen LogP contribution in [0.15, 0.2) is 23.4 Å². The Kier molecular flexibility index (Phi) is 3.86. The van der Waals surface area contributed by atoms with Gasteiger partial charge in [0, 0.05) is 17.0 Å². The Labute approximate surface area is 120 Å². The van der Waals surface area contributed by atoms with Crippen LogP contribution >= 0.6 is 11.8 Å². The summed E-state index contributed by atoms with van der Waals surface area (Å²) < 4.78 is 15.6. The van der Waals surface area contributed by atoms with Gasteiger partial charge in [-0.05, 0) is 35.4 Å². The summed E-state index contributed by atoms with van der Waals surface area (Å²) in [6.07, 6.45) is 4.66. The molecule has 0 saturated heterocycles. The first-order valence-corrected chi connectivity index (χ1v) is 7.68. The minimum absolute atomic E-state index is 0.280. The molecule has 1 aromatic heterocycles. The van der Waals surface area contributed by atoms with E-state index < -0.39 is 0 Å². The van der Waals surface area contributed by atoms with Gasteiger partial charge >= 0.3 is 0 Å². The molecule has 106 valence electrons. The molecule has 1 aliphatic rings. The van der Waals surface area contributed by atoms with Crippen molar-refractivity contribution in [1.82, 2.24) is 20.2 Å². The Balaban J connectivity index is 1.74. The molecule has 0 bridgehead atoms. The van der Waals surface area contributed by atoms with Gasteiger partial charge in [0.05, 0.1) is 6.04 Å². The fourth-order valence-corrected chi connectivity index (χ4v) is 3.51. The first kappa shape index (κ1) is 13.4. The van der Waals surface area contributed by atoms with Crippen molar-refractivity contribution in [2.24, 2.45) is 0 Å². The van der Waals surface area contributed by atoms with E-state index in [0.717, 1.165) is 18.0 Å². The van der Waals surface area contributed by atoms with Gasteiger partial charge in [0.1, 0.15) is 5.82 Å². The summed E-state index contributed by atoms with van der Waals surface area (Å²) in [5.41, 5.74) is 6.79. The molecular weight excluding hydrogens is 277 g/mol. The second-order valence-corrected chi connectivity index (χ2v) is 5.88. The van der Waals surface area contributed by atoms with Gasteiger partial charge in [-0.1, -0.05) is 30.7 Å². The number of nitrogens with two attached hydrogens (primary N) is 1. The molecule has 1 fully saturated rings. The predicted molar refractivity (Wildman–Crippen MR) is 75.7 cm³/mol. The van der Waals surface area contributed by atoms with Gasteiger partial charge in [0.15, 0.2) is 0 Å². The first-order valence-electron chi connectivity index (χ1n) is 6.69. The van der Waals surface area contributed by atoms with Crippen molar-refractivity contribution < 1.29 is 4.39 Å². The zero-order valence-electron chi connectivity index (χ0n) is 11.0. The third-order valence-corrected chi connectivity index (χ3v) is 4.59. The van der Waals surface area contributed by atoms with E-state index in [1.165, 1.54) is 30.7 Å². The highest BCUT2D eigenvalue weighted by molar-refractivity contribution is 7.98. The van der Waals surface area contributed by atoms with Crippen molar-refractivity contribution in [2.45, 2.75) is 42.6 Å². The quantitative estimate of drug-likeness (QED) is 0.693. The van der Waals surface area contributed by atoms with Crippen molar-refractivity contribution in [3.05, 3.63) is 29.6 Å². The number of hydrogen-bond donors (Lipinski definition) is 1. The highest BCUT2D eigenvalue weighted by atomic mass is 32.2. The van der Waals surface area contributed by atoms with E-state index in [1.54, 1.807) is 12.1 Å². The zero-order chi connectivity index (χ0) is 13.9. The molecule has 1 saturated carbocycles. The van der Waals surface area contributed by atoms with Crippen LogP contribution in [0.4, 0.5) is 10.1 Å². The molecule has 3 rings (SSSR count). The molecule has 5 nitrogen and oxygen atoms in total. The topological polar surface area (TPSA) is 69.6 Å². The Morgan fingerprint density at radius 1 is 1.35 bits per heavy atom. The Morgan fingerprint density at radius 3 is 2.90 bits per heavy atom. The predicted octanol–water partition coefficient (Wildman–Crippen LogP) is 2.80. The molecule has 2 aromatic rings. The van der Waals surface area contributed by atoms with E-state index in [1.807, 2.05) is 4.68 Å². The van der Waals surface area contributed by atoms with Crippen LogP contribution in [0.2, 0.25) is 0 Å². The second-order valence-electron chi connectivity index (χ2n) is 4.94. The van der Waals surface area contributed by atoms with Gasteiger partial charge in [-0.2, -0.15) is 0 Å². The molecule has 1 aromatic carbocycles. The minimum Gasteiger partial charge on any atom is -0.398 e. The minimum atomic E-state index is -0.280. The number of nitrogen functional groups attached to an aromatic ring is 1. The van der Waals surface area contributed by atoms with Gasteiger partial charge in [-0.25, -0.2) is 9.07 Å². The van der Waals surface area contributed by atoms with Crippen LogP contribution in [-0.4, -0.2) is 20.2 Å². The summed E-state index contributed by atoms with van der Waals surface area (Å²) in [7, 11) is 0. The van der Waals surface area contributed by atoms with E-state index >= 15 is 0 Å². The third kappa shape index (κ3) is 2.63. The highest BCUT2D eigenvalue weighted by Crippen LogP contribution is 2.33. The molecule has 1 heterocycles. The smallest absolute Gasteiger partial charge is 0.209 e. The van der Waals surface area contributed by atoms with Gasteiger partial charge in [-0.3, -0.25) is 0 Å². The van der Waals surface area contributed by atoms with Crippen LogP contribution in [0, 0.1) is 5.82 Å². The molecule has 7 heteroatoms. The number of thioether (sulfide) groups is 1.